The van der Waals surface area contributed by atoms with E-state index in [1.165, 1.54) is 4.31 Å². The second-order valence-corrected chi connectivity index (χ2v) is 7.35. The summed E-state index contributed by atoms with van der Waals surface area (Å²) in [6, 6.07) is 5.34. The molecule has 0 aliphatic carbocycles. The van der Waals surface area contributed by atoms with E-state index in [9.17, 15) is 13.2 Å². The first-order valence-electron chi connectivity index (χ1n) is 6.90. The van der Waals surface area contributed by atoms with Gasteiger partial charge in [0, 0.05) is 25.7 Å². The quantitative estimate of drug-likeness (QED) is 0.776. The fraction of sp³-hybridized carbons (Fsp3) is 0.571. The van der Waals surface area contributed by atoms with Gasteiger partial charge in [0.1, 0.15) is 0 Å². The maximum absolute atomic E-state index is 11.8. The van der Waals surface area contributed by atoms with Gasteiger partial charge in [-0.15, -0.1) is 0 Å². The largest absolute Gasteiger partial charge is 0.356 e. The lowest BCUT2D eigenvalue weighted by Gasteiger charge is -2.19. The molecule has 7 heteroatoms. The number of carbonyl (C=O) groups is 1. The van der Waals surface area contributed by atoms with Gasteiger partial charge in [0.15, 0.2) is 0 Å². The molecule has 0 bridgehead atoms. The maximum atomic E-state index is 11.8. The van der Waals surface area contributed by atoms with Crippen LogP contribution in [0.5, 0.6) is 0 Å². The lowest BCUT2D eigenvalue weighted by Crippen LogP contribution is -2.35. The smallest absolute Gasteiger partial charge is 0.221 e. The fourth-order valence-corrected chi connectivity index (χ4v) is 2.46. The Hall–Kier alpha value is -1.47. The molecule has 6 nitrogen and oxygen atoms in total. The zero-order chi connectivity index (χ0) is 15.9. The number of hydrogen-bond donors (Lipinski definition) is 1. The van der Waals surface area contributed by atoms with Crippen LogP contribution < -0.4 is 5.32 Å². The van der Waals surface area contributed by atoms with Crippen LogP contribution in [0.4, 0.5) is 0 Å². The highest BCUT2D eigenvalue weighted by atomic mass is 32.2. The lowest BCUT2D eigenvalue weighted by molar-refractivity contribution is -0.121. The Bertz CT molecular complexity index is 544. The van der Waals surface area contributed by atoms with Crippen LogP contribution in [-0.2, 0) is 21.4 Å². The molecule has 0 fully saturated rings. The summed E-state index contributed by atoms with van der Waals surface area (Å²) in [5, 5.41) is 2.78. The van der Waals surface area contributed by atoms with E-state index in [0.717, 1.165) is 6.26 Å². The number of nitrogens with one attached hydrogen (secondary N) is 1. The van der Waals surface area contributed by atoms with Gasteiger partial charge in [0.25, 0.3) is 0 Å². The Kier molecular flexibility index (Phi) is 6.77. The Balaban J connectivity index is 2.58. The van der Waals surface area contributed by atoms with Crippen LogP contribution in [0, 0.1) is 5.92 Å². The summed E-state index contributed by atoms with van der Waals surface area (Å²) in [7, 11) is -3.38. The van der Waals surface area contributed by atoms with E-state index >= 15 is 0 Å². The van der Waals surface area contributed by atoms with E-state index in [4.69, 9.17) is 0 Å². The predicted molar refractivity (Wildman–Crippen MR) is 82.0 cm³/mol. The molecule has 118 valence electrons. The van der Waals surface area contributed by atoms with Gasteiger partial charge < -0.3 is 5.32 Å². The Labute approximate surface area is 126 Å². The fourth-order valence-electron chi connectivity index (χ4n) is 1.67. The van der Waals surface area contributed by atoms with E-state index in [1.54, 1.807) is 24.4 Å². The van der Waals surface area contributed by atoms with Crippen molar-refractivity contribution in [2.75, 3.05) is 19.3 Å². The number of amides is 1. The molecule has 0 atom stereocenters. The van der Waals surface area contributed by atoms with E-state index in [1.807, 2.05) is 13.8 Å². The van der Waals surface area contributed by atoms with Crippen molar-refractivity contribution in [2.24, 2.45) is 5.92 Å². The van der Waals surface area contributed by atoms with E-state index in [-0.39, 0.29) is 25.4 Å². The van der Waals surface area contributed by atoms with Gasteiger partial charge in [0.05, 0.1) is 18.5 Å². The highest BCUT2D eigenvalue weighted by Crippen LogP contribution is 2.07. The highest BCUT2D eigenvalue weighted by molar-refractivity contribution is 7.88. The molecule has 0 aliphatic rings. The predicted octanol–water partition coefficient (Wildman–Crippen LogP) is 1.01. The zero-order valence-electron chi connectivity index (χ0n) is 12.7. The van der Waals surface area contributed by atoms with Crippen molar-refractivity contribution < 1.29 is 13.2 Å². The molecule has 1 heterocycles. The van der Waals surface area contributed by atoms with Gasteiger partial charge in [0.2, 0.25) is 15.9 Å². The molecule has 1 aromatic rings. The first-order chi connectivity index (χ1) is 9.79. The average molecular weight is 313 g/mol. The van der Waals surface area contributed by atoms with E-state index in [2.05, 4.69) is 10.3 Å². The third-order valence-electron chi connectivity index (χ3n) is 2.83. The summed E-state index contributed by atoms with van der Waals surface area (Å²) in [5.41, 5.74) is 0.658. The minimum atomic E-state index is -3.38. The topological polar surface area (TPSA) is 79.4 Å². The molecule has 0 unspecified atom stereocenters. The summed E-state index contributed by atoms with van der Waals surface area (Å²) in [5.74, 6) is 0.229. The monoisotopic (exact) mass is 313 g/mol. The number of sulfonamides is 1. The SMILES string of the molecule is CC(C)CNC(=O)CCN(Cc1ccccn1)S(C)(=O)=O. The van der Waals surface area contributed by atoms with Crippen LogP contribution in [0.2, 0.25) is 0 Å². The molecule has 21 heavy (non-hydrogen) atoms. The van der Waals surface area contributed by atoms with Crippen molar-refractivity contribution in [1.82, 2.24) is 14.6 Å². The Morgan fingerprint density at radius 1 is 1.38 bits per heavy atom. The van der Waals surface area contributed by atoms with E-state index in [0.29, 0.717) is 18.2 Å². The van der Waals surface area contributed by atoms with Gasteiger partial charge in [-0.25, -0.2) is 8.42 Å². The molecule has 1 aromatic heterocycles. The van der Waals surface area contributed by atoms with Gasteiger partial charge in [-0.05, 0) is 18.1 Å². The van der Waals surface area contributed by atoms with Gasteiger partial charge in [-0.3, -0.25) is 9.78 Å². The molecule has 1 N–H and O–H groups in total. The molecular weight excluding hydrogens is 290 g/mol. The number of nitrogens with zero attached hydrogens (tertiary/aromatic N) is 2. The number of aromatic nitrogens is 1. The summed E-state index contributed by atoms with van der Waals surface area (Å²) in [6.45, 7) is 4.93. The van der Waals surface area contributed by atoms with Gasteiger partial charge >= 0.3 is 0 Å². The summed E-state index contributed by atoms with van der Waals surface area (Å²) in [4.78, 5) is 15.8. The van der Waals surface area contributed by atoms with Gasteiger partial charge in [-0.1, -0.05) is 19.9 Å². The third-order valence-corrected chi connectivity index (χ3v) is 4.08. The lowest BCUT2D eigenvalue weighted by atomic mass is 10.2. The normalized spacial score (nSPS) is 11.9. The number of pyridine rings is 1. The van der Waals surface area contributed by atoms with Gasteiger partial charge in [-0.2, -0.15) is 4.31 Å². The van der Waals surface area contributed by atoms with Crippen molar-refractivity contribution in [3.05, 3.63) is 30.1 Å². The van der Waals surface area contributed by atoms with Crippen molar-refractivity contribution in [1.29, 1.82) is 0 Å². The molecule has 0 aromatic carbocycles. The second-order valence-electron chi connectivity index (χ2n) is 5.37. The van der Waals surface area contributed by atoms with Crippen molar-refractivity contribution in [3.63, 3.8) is 0 Å². The molecule has 1 amide bonds. The molecule has 0 aliphatic heterocycles. The molecular formula is C14H23N3O3S. The Morgan fingerprint density at radius 2 is 2.10 bits per heavy atom. The minimum Gasteiger partial charge on any atom is -0.356 e. The van der Waals surface area contributed by atoms with Crippen LogP contribution in [0.3, 0.4) is 0 Å². The van der Waals surface area contributed by atoms with Crippen LogP contribution in [-0.4, -0.2) is 43.0 Å². The van der Waals surface area contributed by atoms with Crippen molar-refractivity contribution >= 4 is 15.9 Å². The molecule has 1 rings (SSSR count). The minimum absolute atomic E-state index is 0.140. The van der Waals surface area contributed by atoms with E-state index < -0.39 is 10.0 Å². The molecule has 0 saturated carbocycles. The van der Waals surface area contributed by atoms with Crippen molar-refractivity contribution in [2.45, 2.75) is 26.8 Å². The highest BCUT2D eigenvalue weighted by Gasteiger charge is 2.18. The summed E-state index contributed by atoms with van der Waals surface area (Å²) in [6.07, 6.45) is 2.90. The summed E-state index contributed by atoms with van der Waals surface area (Å²) < 4.78 is 24.8. The Morgan fingerprint density at radius 3 is 2.62 bits per heavy atom. The second kappa shape index (κ2) is 8.09. The van der Waals surface area contributed by atoms with Crippen molar-refractivity contribution in [3.8, 4) is 0 Å². The molecule has 0 radical (unpaired) electrons. The third kappa shape index (κ3) is 7.19. The maximum Gasteiger partial charge on any atom is 0.221 e. The number of carbonyl (C=O) groups excluding carboxylic acids is 1. The number of hydrogen-bond acceptors (Lipinski definition) is 4. The average Bonchev–Trinajstić information content (AvgIpc) is 2.41. The molecule has 0 spiro atoms. The first kappa shape index (κ1) is 17.6. The van der Waals surface area contributed by atoms with Crippen LogP contribution in [0.15, 0.2) is 24.4 Å². The van der Waals surface area contributed by atoms with Crippen LogP contribution in [0.25, 0.3) is 0 Å². The van der Waals surface area contributed by atoms with Crippen LogP contribution in [0.1, 0.15) is 26.0 Å². The van der Waals surface area contributed by atoms with Crippen LogP contribution >= 0.6 is 0 Å². The standard InChI is InChI=1S/C14H23N3O3S/c1-12(2)10-16-14(18)7-9-17(21(3,19)20)11-13-6-4-5-8-15-13/h4-6,8,12H,7,9-11H2,1-3H3,(H,16,18). The zero-order valence-corrected chi connectivity index (χ0v) is 13.6. The molecule has 0 saturated heterocycles. The summed E-state index contributed by atoms with van der Waals surface area (Å²) >= 11 is 0. The number of rotatable bonds is 8. The first-order valence-corrected chi connectivity index (χ1v) is 8.75.